The molecule has 0 saturated carbocycles. The van der Waals surface area contributed by atoms with Crippen LogP contribution in [0.15, 0.2) is 24.3 Å². The van der Waals surface area contributed by atoms with E-state index in [9.17, 15) is 4.79 Å². The van der Waals surface area contributed by atoms with Crippen LogP contribution >= 0.6 is 0 Å². The molecule has 1 aromatic carbocycles. The first-order valence-electron chi connectivity index (χ1n) is 4.86. The molecule has 0 N–H and O–H groups in total. The summed E-state index contributed by atoms with van der Waals surface area (Å²) in [6, 6.07) is 5.33. The number of carbonyl (C=O) groups excluding carboxylic acids is 1. The van der Waals surface area contributed by atoms with E-state index >= 15 is 0 Å². The highest BCUT2D eigenvalue weighted by Gasteiger charge is 2.19. The minimum absolute atomic E-state index is 0.299. The van der Waals surface area contributed by atoms with Crippen molar-refractivity contribution in [2.45, 2.75) is 0 Å². The van der Waals surface area contributed by atoms with Crippen LogP contribution in [-0.4, -0.2) is 26.8 Å². The lowest BCUT2D eigenvalue weighted by Gasteiger charge is -2.09. The maximum Gasteiger partial charge on any atom is 0.338 e. The highest BCUT2D eigenvalue weighted by molar-refractivity contribution is 6.18. The fraction of sp³-hybridized carbons (Fsp3) is 0.250. The van der Waals surface area contributed by atoms with Crippen molar-refractivity contribution in [2.24, 2.45) is 0 Å². The Labute approximate surface area is 93.4 Å². The third kappa shape index (κ3) is 1.74. The van der Waals surface area contributed by atoms with Crippen molar-refractivity contribution in [1.29, 1.82) is 0 Å². The topological polar surface area (TPSA) is 44.8 Å². The van der Waals surface area contributed by atoms with Gasteiger partial charge in [-0.25, -0.2) is 4.79 Å². The van der Waals surface area contributed by atoms with Gasteiger partial charge in [-0.1, -0.05) is 6.07 Å². The molecule has 0 saturated heterocycles. The van der Waals surface area contributed by atoms with Gasteiger partial charge in [0.1, 0.15) is 6.61 Å². The second-order valence-electron chi connectivity index (χ2n) is 3.29. The average molecular weight is 220 g/mol. The fourth-order valence-electron chi connectivity index (χ4n) is 1.60. The molecule has 1 aliphatic rings. The molecular formula is C12H12O4. The summed E-state index contributed by atoms with van der Waals surface area (Å²) in [6.45, 7) is 0.336. The van der Waals surface area contributed by atoms with Gasteiger partial charge in [0.25, 0.3) is 0 Å². The first-order chi connectivity index (χ1) is 7.76. The lowest BCUT2D eigenvalue weighted by molar-refractivity contribution is -0.133. The Bertz CT molecular complexity index is 448. The van der Waals surface area contributed by atoms with Crippen LogP contribution in [0.2, 0.25) is 0 Å². The van der Waals surface area contributed by atoms with Crippen LogP contribution in [-0.2, 0) is 9.53 Å². The van der Waals surface area contributed by atoms with Crippen LogP contribution < -0.4 is 9.47 Å². The summed E-state index contributed by atoms with van der Waals surface area (Å²) < 4.78 is 15.1. The number of benzene rings is 1. The Balaban J connectivity index is 2.40. The number of ether oxygens (including phenoxy) is 3. The highest BCUT2D eigenvalue weighted by atomic mass is 16.5. The molecule has 4 nitrogen and oxygen atoms in total. The zero-order chi connectivity index (χ0) is 11.5. The second-order valence-corrected chi connectivity index (χ2v) is 3.29. The first-order valence-corrected chi connectivity index (χ1v) is 4.86. The largest absolute Gasteiger partial charge is 0.493 e. The molecule has 2 rings (SSSR count). The predicted octanol–water partition coefficient (Wildman–Crippen LogP) is 1.64. The maximum atomic E-state index is 11.4. The molecule has 0 fully saturated rings. The second kappa shape index (κ2) is 4.26. The van der Waals surface area contributed by atoms with Crippen molar-refractivity contribution in [3.05, 3.63) is 29.8 Å². The zero-order valence-electron chi connectivity index (χ0n) is 9.15. The van der Waals surface area contributed by atoms with Crippen molar-refractivity contribution >= 4 is 11.5 Å². The van der Waals surface area contributed by atoms with E-state index in [1.54, 1.807) is 38.5 Å². The number of hydrogen-bond acceptors (Lipinski definition) is 4. The lowest BCUT2D eigenvalue weighted by atomic mass is 10.1. The quantitative estimate of drug-likeness (QED) is 0.726. The van der Waals surface area contributed by atoms with E-state index < -0.39 is 0 Å². The number of rotatable bonds is 3. The predicted molar refractivity (Wildman–Crippen MR) is 58.5 cm³/mol. The van der Waals surface area contributed by atoms with Gasteiger partial charge in [-0.05, 0) is 23.8 Å². The molecule has 0 aromatic heterocycles. The molecule has 0 aliphatic carbocycles. The Hall–Kier alpha value is -1.97. The third-order valence-corrected chi connectivity index (χ3v) is 2.42. The average Bonchev–Trinajstić information content (AvgIpc) is 2.74. The smallest absolute Gasteiger partial charge is 0.338 e. The third-order valence-electron chi connectivity index (χ3n) is 2.42. The van der Waals surface area contributed by atoms with Crippen LogP contribution in [0, 0.1) is 0 Å². The zero-order valence-corrected chi connectivity index (χ0v) is 9.15. The summed E-state index contributed by atoms with van der Waals surface area (Å²) in [5, 5.41) is 0. The van der Waals surface area contributed by atoms with E-state index in [-0.39, 0.29) is 5.97 Å². The summed E-state index contributed by atoms with van der Waals surface area (Å²) in [6.07, 6.45) is 1.75. The molecule has 0 radical (unpaired) electrons. The van der Waals surface area contributed by atoms with Gasteiger partial charge in [-0.3, -0.25) is 0 Å². The Kier molecular flexibility index (Phi) is 2.81. The van der Waals surface area contributed by atoms with Crippen molar-refractivity contribution < 1.29 is 19.0 Å². The summed E-state index contributed by atoms with van der Waals surface area (Å²) in [5.74, 6) is 0.936. The number of cyclic esters (lactones) is 1. The summed E-state index contributed by atoms with van der Waals surface area (Å²) in [7, 11) is 3.13. The van der Waals surface area contributed by atoms with Crippen molar-refractivity contribution in [3.63, 3.8) is 0 Å². The van der Waals surface area contributed by atoms with Gasteiger partial charge in [0.2, 0.25) is 0 Å². The first kappa shape index (κ1) is 10.5. The van der Waals surface area contributed by atoms with Crippen LogP contribution in [0.3, 0.4) is 0 Å². The van der Waals surface area contributed by atoms with E-state index in [4.69, 9.17) is 14.2 Å². The monoisotopic (exact) mass is 220 g/mol. The Morgan fingerprint density at radius 2 is 1.94 bits per heavy atom. The van der Waals surface area contributed by atoms with Gasteiger partial charge in [0.15, 0.2) is 11.5 Å². The van der Waals surface area contributed by atoms with Crippen LogP contribution in [0.1, 0.15) is 5.56 Å². The van der Waals surface area contributed by atoms with Gasteiger partial charge in [-0.2, -0.15) is 0 Å². The fourth-order valence-corrected chi connectivity index (χ4v) is 1.60. The molecule has 16 heavy (non-hydrogen) atoms. The molecule has 0 atom stereocenters. The number of hydrogen-bond donors (Lipinski definition) is 0. The van der Waals surface area contributed by atoms with Crippen molar-refractivity contribution in [1.82, 2.24) is 0 Å². The molecule has 0 amide bonds. The van der Waals surface area contributed by atoms with Crippen molar-refractivity contribution in [3.8, 4) is 11.5 Å². The Morgan fingerprint density at radius 1 is 1.19 bits per heavy atom. The van der Waals surface area contributed by atoms with Gasteiger partial charge in [0, 0.05) is 0 Å². The van der Waals surface area contributed by atoms with E-state index in [0.29, 0.717) is 23.7 Å². The molecule has 1 heterocycles. The lowest BCUT2D eigenvalue weighted by Crippen LogP contribution is -1.99. The summed E-state index contributed by atoms with van der Waals surface area (Å²) >= 11 is 0. The van der Waals surface area contributed by atoms with E-state index in [1.807, 2.05) is 0 Å². The van der Waals surface area contributed by atoms with Gasteiger partial charge < -0.3 is 14.2 Å². The van der Waals surface area contributed by atoms with Gasteiger partial charge in [-0.15, -0.1) is 0 Å². The van der Waals surface area contributed by atoms with E-state index in [1.165, 1.54) is 0 Å². The maximum absolute atomic E-state index is 11.4. The SMILES string of the molecule is COc1ccc(C2=CCOC2=O)cc1OC. The molecule has 0 spiro atoms. The molecule has 1 aliphatic heterocycles. The van der Waals surface area contributed by atoms with Crippen LogP contribution in [0.4, 0.5) is 0 Å². The number of methoxy groups -OCH3 is 2. The Morgan fingerprint density at radius 3 is 2.50 bits per heavy atom. The highest BCUT2D eigenvalue weighted by Crippen LogP contribution is 2.31. The minimum Gasteiger partial charge on any atom is -0.493 e. The van der Waals surface area contributed by atoms with Gasteiger partial charge >= 0.3 is 5.97 Å². The minimum atomic E-state index is -0.299. The molecular weight excluding hydrogens is 208 g/mol. The summed E-state index contributed by atoms with van der Waals surface area (Å²) in [5.41, 5.74) is 1.35. The standard InChI is InChI=1S/C12H12O4/c1-14-10-4-3-8(7-11(10)15-2)9-5-6-16-12(9)13/h3-5,7H,6H2,1-2H3. The summed E-state index contributed by atoms with van der Waals surface area (Å²) in [4.78, 5) is 11.4. The molecule has 1 aromatic rings. The number of carbonyl (C=O) groups is 1. The molecule has 0 bridgehead atoms. The van der Waals surface area contributed by atoms with Crippen molar-refractivity contribution in [2.75, 3.05) is 20.8 Å². The van der Waals surface area contributed by atoms with Gasteiger partial charge in [0.05, 0.1) is 19.8 Å². The van der Waals surface area contributed by atoms with Crippen LogP contribution in [0.25, 0.3) is 5.57 Å². The van der Waals surface area contributed by atoms with E-state index in [0.717, 1.165) is 5.56 Å². The van der Waals surface area contributed by atoms with Crippen LogP contribution in [0.5, 0.6) is 11.5 Å². The molecule has 0 unspecified atom stereocenters. The van der Waals surface area contributed by atoms with E-state index in [2.05, 4.69) is 0 Å². The molecule has 84 valence electrons. The normalized spacial score (nSPS) is 14.4. The number of esters is 1. The molecule has 4 heteroatoms.